The Hall–Kier alpha value is -2.04. The van der Waals surface area contributed by atoms with E-state index in [1.54, 1.807) is 20.9 Å². The van der Waals surface area contributed by atoms with Gasteiger partial charge in [-0.1, -0.05) is 11.6 Å². The topological polar surface area (TPSA) is 87.8 Å². The van der Waals surface area contributed by atoms with Crippen molar-refractivity contribution >= 4 is 27.4 Å². The molecule has 0 aliphatic heterocycles. The fraction of sp³-hybridized carbons (Fsp3) is 0.231. The van der Waals surface area contributed by atoms with Crippen molar-refractivity contribution in [3.63, 3.8) is 0 Å². The summed E-state index contributed by atoms with van der Waals surface area (Å²) in [5.41, 5.74) is 1.72. The summed E-state index contributed by atoms with van der Waals surface area (Å²) in [5.74, 6) is 0.396. The van der Waals surface area contributed by atoms with Gasteiger partial charge in [0, 0.05) is 12.6 Å². The highest BCUT2D eigenvalue weighted by molar-refractivity contribution is 7.92. The zero-order valence-corrected chi connectivity index (χ0v) is 13.2. The summed E-state index contributed by atoms with van der Waals surface area (Å²) in [4.78, 5) is -0.00949. The highest BCUT2D eigenvalue weighted by atomic mass is 35.5. The molecule has 1 aromatic carbocycles. The molecule has 1 aromatic heterocycles. The molecule has 2 rings (SSSR count). The highest BCUT2D eigenvalue weighted by Gasteiger charge is 2.20. The lowest BCUT2D eigenvalue weighted by molar-refractivity contribution is 0.600. The van der Waals surface area contributed by atoms with E-state index in [1.807, 2.05) is 6.07 Å². The minimum atomic E-state index is -3.80. The van der Waals surface area contributed by atoms with Gasteiger partial charge in [0.05, 0.1) is 21.2 Å². The Morgan fingerprint density at radius 1 is 1.38 bits per heavy atom. The Kier molecular flexibility index (Phi) is 3.94. The van der Waals surface area contributed by atoms with Crippen LogP contribution in [0.4, 0.5) is 5.82 Å². The Morgan fingerprint density at radius 2 is 2.05 bits per heavy atom. The average Bonchev–Trinajstić information content (AvgIpc) is 2.65. The summed E-state index contributed by atoms with van der Waals surface area (Å²) in [5, 5.41) is 13.1. The molecule has 21 heavy (non-hydrogen) atoms. The van der Waals surface area contributed by atoms with Crippen LogP contribution in [-0.2, 0) is 17.1 Å². The van der Waals surface area contributed by atoms with Crippen molar-refractivity contribution in [3.05, 3.63) is 40.0 Å². The van der Waals surface area contributed by atoms with Crippen LogP contribution in [0, 0.1) is 25.2 Å². The molecule has 0 unspecified atom stereocenters. The number of hydrogen-bond acceptors (Lipinski definition) is 4. The predicted molar refractivity (Wildman–Crippen MR) is 79.7 cm³/mol. The largest absolute Gasteiger partial charge is 0.263 e. The van der Waals surface area contributed by atoms with Gasteiger partial charge in [-0.05, 0) is 32.0 Å². The van der Waals surface area contributed by atoms with Gasteiger partial charge in [0.15, 0.2) is 0 Å². The first kappa shape index (κ1) is 15.4. The number of anilines is 1. The monoisotopic (exact) mass is 324 g/mol. The molecule has 0 amide bonds. The van der Waals surface area contributed by atoms with E-state index in [0.717, 1.165) is 11.3 Å². The van der Waals surface area contributed by atoms with Crippen molar-refractivity contribution in [3.8, 4) is 6.07 Å². The minimum absolute atomic E-state index is 0.00949. The zero-order valence-electron chi connectivity index (χ0n) is 11.7. The van der Waals surface area contributed by atoms with E-state index >= 15 is 0 Å². The maximum Gasteiger partial charge on any atom is 0.263 e. The number of sulfonamides is 1. The van der Waals surface area contributed by atoms with Gasteiger partial charge in [0.25, 0.3) is 10.0 Å². The zero-order chi connectivity index (χ0) is 15.8. The third-order valence-corrected chi connectivity index (χ3v) is 4.77. The number of nitrogens with one attached hydrogen (secondary N) is 1. The van der Waals surface area contributed by atoms with Gasteiger partial charge in [-0.15, -0.1) is 0 Å². The fourth-order valence-electron chi connectivity index (χ4n) is 1.85. The van der Waals surface area contributed by atoms with Crippen molar-refractivity contribution in [2.75, 3.05) is 4.72 Å². The van der Waals surface area contributed by atoms with Crippen LogP contribution in [-0.4, -0.2) is 18.2 Å². The Morgan fingerprint density at radius 3 is 2.52 bits per heavy atom. The van der Waals surface area contributed by atoms with Crippen LogP contribution in [0.2, 0.25) is 5.02 Å². The fourth-order valence-corrected chi connectivity index (χ4v) is 3.31. The van der Waals surface area contributed by atoms with Crippen LogP contribution in [0.5, 0.6) is 0 Å². The standard InChI is InChI=1S/C13H13ClN4O2S/c1-8-9(2)16-18(3)13(8)17-21(19,20)11-5-4-10(7-15)12(14)6-11/h4-6,17H,1-3H3. The quantitative estimate of drug-likeness (QED) is 0.938. The molecule has 0 aliphatic rings. The van der Waals surface area contributed by atoms with Gasteiger partial charge in [0.1, 0.15) is 11.9 Å². The number of hydrogen-bond donors (Lipinski definition) is 1. The van der Waals surface area contributed by atoms with Gasteiger partial charge in [-0.3, -0.25) is 9.40 Å². The molecule has 0 spiro atoms. The number of nitriles is 1. The van der Waals surface area contributed by atoms with Crippen molar-refractivity contribution in [2.24, 2.45) is 7.05 Å². The summed E-state index contributed by atoms with van der Waals surface area (Å²) in [7, 11) is -2.14. The SMILES string of the molecule is Cc1nn(C)c(NS(=O)(=O)c2ccc(C#N)c(Cl)c2)c1C. The Bertz CT molecular complexity index is 850. The number of aromatic nitrogens is 2. The second kappa shape index (κ2) is 5.39. The molecular formula is C13H13ClN4O2S. The van der Waals surface area contributed by atoms with E-state index in [-0.39, 0.29) is 15.5 Å². The van der Waals surface area contributed by atoms with E-state index in [1.165, 1.54) is 22.9 Å². The molecule has 110 valence electrons. The number of aryl methyl sites for hydroxylation is 2. The Labute approximate surface area is 128 Å². The van der Waals surface area contributed by atoms with Gasteiger partial charge in [-0.2, -0.15) is 10.4 Å². The van der Waals surface area contributed by atoms with Crippen LogP contribution < -0.4 is 4.72 Å². The molecule has 1 heterocycles. The molecular weight excluding hydrogens is 312 g/mol. The molecule has 0 aliphatic carbocycles. The number of nitrogens with zero attached hydrogens (tertiary/aromatic N) is 3. The van der Waals surface area contributed by atoms with E-state index in [4.69, 9.17) is 16.9 Å². The normalized spacial score (nSPS) is 11.2. The highest BCUT2D eigenvalue weighted by Crippen LogP contribution is 2.24. The van der Waals surface area contributed by atoms with Crippen molar-refractivity contribution < 1.29 is 8.42 Å². The van der Waals surface area contributed by atoms with E-state index in [2.05, 4.69) is 9.82 Å². The molecule has 2 aromatic rings. The molecule has 0 atom stereocenters. The lowest BCUT2D eigenvalue weighted by Crippen LogP contribution is -2.16. The second-order valence-corrected chi connectivity index (χ2v) is 6.63. The van der Waals surface area contributed by atoms with Crippen LogP contribution in [0.25, 0.3) is 0 Å². The molecule has 0 fully saturated rings. The van der Waals surface area contributed by atoms with Crippen molar-refractivity contribution in [2.45, 2.75) is 18.7 Å². The molecule has 0 saturated carbocycles. The van der Waals surface area contributed by atoms with Crippen molar-refractivity contribution in [1.29, 1.82) is 5.26 Å². The summed E-state index contributed by atoms with van der Waals surface area (Å²) in [6, 6.07) is 5.85. The summed E-state index contributed by atoms with van der Waals surface area (Å²) in [6.45, 7) is 3.58. The first-order valence-electron chi connectivity index (χ1n) is 5.99. The minimum Gasteiger partial charge on any atom is -0.263 e. The lowest BCUT2D eigenvalue weighted by Gasteiger charge is -2.10. The first-order chi connectivity index (χ1) is 9.76. The van der Waals surface area contributed by atoms with Crippen LogP contribution in [0.3, 0.4) is 0 Å². The van der Waals surface area contributed by atoms with Crippen molar-refractivity contribution in [1.82, 2.24) is 9.78 Å². The smallest absolute Gasteiger partial charge is 0.263 e. The van der Waals surface area contributed by atoms with Gasteiger partial charge < -0.3 is 0 Å². The third-order valence-electron chi connectivity index (χ3n) is 3.12. The third kappa shape index (κ3) is 2.86. The van der Waals surface area contributed by atoms with E-state index in [9.17, 15) is 8.42 Å². The van der Waals surface area contributed by atoms with Gasteiger partial charge in [0.2, 0.25) is 0 Å². The summed E-state index contributed by atoms with van der Waals surface area (Å²) in [6.07, 6.45) is 0. The summed E-state index contributed by atoms with van der Waals surface area (Å²) < 4.78 is 28.7. The first-order valence-corrected chi connectivity index (χ1v) is 7.85. The maximum atomic E-state index is 12.4. The maximum absolute atomic E-state index is 12.4. The number of rotatable bonds is 3. The second-order valence-electron chi connectivity index (χ2n) is 4.54. The number of halogens is 1. The molecule has 0 radical (unpaired) electrons. The molecule has 0 bridgehead atoms. The van der Waals surface area contributed by atoms with Gasteiger partial charge >= 0.3 is 0 Å². The molecule has 1 N–H and O–H groups in total. The molecule has 0 saturated heterocycles. The number of benzene rings is 1. The lowest BCUT2D eigenvalue weighted by atomic mass is 10.2. The van der Waals surface area contributed by atoms with E-state index < -0.39 is 10.0 Å². The molecule has 8 heteroatoms. The van der Waals surface area contributed by atoms with Crippen LogP contribution in [0.15, 0.2) is 23.1 Å². The predicted octanol–water partition coefficient (Wildman–Crippen LogP) is 2.36. The van der Waals surface area contributed by atoms with E-state index in [0.29, 0.717) is 5.82 Å². The Balaban J connectivity index is 2.44. The van der Waals surface area contributed by atoms with Crippen LogP contribution >= 0.6 is 11.6 Å². The van der Waals surface area contributed by atoms with Crippen LogP contribution in [0.1, 0.15) is 16.8 Å². The average molecular weight is 325 g/mol. The molecule has 6 nitrogen and oxygen atoms in total. The van der Waals surface area contributed by atoms with Gasteiger partial charge in [-0.25, -0.2) is 8.42 Å². The summed E-state index contributed by atoms with van der Waals surface area (Å²) >= 11 is 5.87.